The van der Waals surface area contributed by atoms with Gasteiger partial charge >= 0.3 is 0 Å². The topological polar surface area (TPSA) is 35.0 Å². The number of rotatable bonds is 2. The van der Waals surface area contributed by atoms with Gasteiger partial charge in [-0.2, -0.15) is 0 Å². The van der Waals surface area contributed by atoms with Crippen molar-refractivity contribution in [2.24, 2.45) is 0 Å². The third kappa shape index (κ3) is 2.34. The first kappa shape index (κ1) is 13.9. The average Bonchev–Trinajstić information content (AvgIpc) is 2.90. The van der Waals surface area contributed by atoms with Gasteiger partial charge in [0, 0.05) is 10.9 Å². The van der Waals surface area contributed by atoms with Crippen molar-refractivity contribution in [1.82, 2.24) is 9.97 Å². The fraction of sp³-hybridized carbons (Fsp3) is 0.250. The lowest BCUT2D eigenvalue weighted by atomic mass is 9.97. The Morgan fingerprint density at radius 2 is 2.05 bits per heavy atom. The molecular formula is C16H12ClFN2OS. The van der Waals surface area contributed by atoms with Gasteiger partial charge in [-0.05, 0) is 43.4 Å². The molecule has 112 valence electrons. The molecule has 1 aliphatic rings. The van der Waals surface area contributed by atoms with E-state index in [9.17, 15) is 4.39 Å². The summed E-state index contributed by atoms with van der Waals surface area (Å²) in [5, 5.41) is 1.03. The van der Waals surface area contributed by atoms with Gasteiger partial charge in [-0.15, -0.1) is 11.3 Å². The Labute approximate surface area is 135 Å². The van der Waals surface area contributed by atoms with Crippen LogP contribution in [0.5, 0.6) is 11.6 Å². The van der Waals surface area contributed by atoms with E-state index in [1.54, 1.807) is 17.4 Å². The quantitative estimate of drug-likeness (QED) is 0.649. The lowest BCUT2D eigenvalue weighted by Crippen LogP contribution is -1.99. The Hall–Kier alpha value is -1.72. The summed E-state index contributed by atoms with van der Waals surface area (Å²) in [6, 6.07) is 4.30. The molecule has 3 aromatic rings. The predicted molar refractivity (Wildman–Crippen MR) is 85.5 cm³/mol. The molecule has 0 bridgehead atoms. The van der Waals surface area contributed by atoms with Gasteiger partial charge in [0.25, 0.3) is 0 Å². The molecule has 0 saturated heterocycles. The summed E-state index contributed by atoms with van der Waals surface area (Å²) in [5.41, 5.74) is 1.30. The van der Waals surface area contributed by atoms with Crippen LogP contribution in [-0.4, -0.2) is 9.97 Å². The van der Waals surface area contributed by atoms with Crippen LogP contribution in [0, 0.1) is 5.82 Å². The molecular weight excluding hydrogens is 323 g/mol. The van der Waals surface area contributed by atoms with Crippen molar-refractivity contribution >= 4 is 33.2 Å². The molecule has 1 aliphatic carbocycles. The standard InChI is InChI=1S/C16H12ClFN2OS/c17-11-7-9(5-6-12(11)18)21-15-14-10-3-1-2-4-13(10)22-16(14)20-8-19-15/h5-8H,1-4H2. The minimum atomic E-state index is -0.463. The van der Waals surface area contributed by atoms with Crippen LogP contribution in [0.3, 0.4) is 0 Å². The Bertz CT molecular complexity index is 865. The van der Waals surface area contributed by atoms with Crippen LogP contribution in [0.1, 0.15) is 23.3 Å². The summed E-state index contributed by atoms with van der Waals surface area (Å²) in [7, 11) is 0. The number of nitrogens with zero attached hydrogens (tertiary/aromatic N) is 2. The van der Waals surface area contributed by atoms with Gasteiger partial charge in [0.05, 0.1) is 10.4 Å². The highest BCUT2D eigenvalue weighted by atomic mass is 35.5. The largest absolute Gasteiger partial charge is 0.438 e. The van der Waals surface area contributed by atoms with Crippen LogP contribution in [0.2, 0.25) is 5.02 Å². The number of aromatic nitrogens is 2. The summed E-state index contributed by atoms with van der Waals surface area (Å²) in [6.45, 7) is 0. The lowest BCUT2D eigenvalue weighted by Gasteiger charge is -2.12. The summed E-state index contributed by atoms with van der Waals surface area (Å²) in [4.78, 5) is 11.0. The van der Waals surface area contributed by atoms with Gasteiger partial charge < -0.3 is 4.74 Å². The zero-order valence-corrected chi connectivity index (χ0v) is 13.2. The van der Waals surface area contributed by atoms with E-state index < -0.39 is 5.82 Å². The SMILES string of the molecule is Fc1ccc(Oc2ncnc3sc4c(c23)CCCC4)cc1Cl. The van der Waals surface area contributed by atoms with E-state index in [0.29, 0.717) is 11.6 Å². The number of benzene rings is 1. The normalized spacial score (nSPS) is 14.1. The van der Waals surface area contributed by atoms with Gasteiger partial charge in [0.15, 0.2) is 0 Å². The Kier molecular flexibility index (Phi) is 3.47. The monoisotopic (exact) mass is 334 g/mol. The molecule has 0 fully saturated rings. The second-order valence-electron chi connectivity index (χ2n) is 5.25. The van der Waals surface area contributed by atoms with Crippen LogP contribution < -0.4 is 4.74 Å². The zero-order chi connectivity index (χ0) is 15.1. The highest BCUT2D eigenvalue weighted by Crippen LogP contribution is 2.40. The molecule has 1 aromatic carbocycles. The zero-order valence-electron chi connectivity index (χ0n) is 11.6. The van der Waals surface area contributed by atoms with Crippen molar-refractivity contribution in [3.05, 3.63) is 45.8 Å². The molecule has 2 aromatic heterocycles. The van der Waals surface area contributed by atoms with Crippen LogP contribution >= 0.6 is 22.9 Å². The highest BCUT2D eigenvalue weighted by molar-refractivity contribution is 7.18. The molecule has 4 rings (SSSR count). The maximum absolute atomic E-state index is 13.3. The van der Waals surface area contributed by atoms with Crippen molar-refractivity contribution in [3.8, 4) is 11.6 Å². The molecule has 0 unspecified atom stereocenters. The molecule has 6 heteroatoms. The molecule has 0 radical (unpaired) electrons. The van der Waals surface area contributed by atoms with E-state index in [4.69, 9.17) is 16.3 Å². The number of hydrogen-bond donors (Lipinski definition) is 0. The summed E-state index contributed by atoms with van der Waals surface area (Å²) >= 11 is 7.52. The molecule has 0 amide bonds. The number of hydrogen-bond acceptors (Lipinski definition) is 4. The van der Waals surface area contributed by atoms with Crippen molar-refractivity contribution in [3.63, 3.8) is 0 Å². The third-order valence-corrected chi connectivity index (χ3v) is 5.31. The van der Waals surface area contributed by atoms with Crippen LogP contribution in [-0.2, 0) is 12.8 Å². The number of halogens is 2. The summed E-state index contributed by atoms with van der Waals surface area (Å²) < 4.78 is 19.1. The molecule has 2 heterocycles. The van der Waals surface area contributed by atoms with E-state index in [0.717, 1.165) is 23.1 Å². The number of thiophene rings is 1. The van der Waals surface area contributed by atoms with Crippen molar-refractivity contribution in [1.29, 1.82) is 0 Å². The molecule has 22 heavy (non-hydrogen) atoms. The van der Waals surface area contributed by atoms with Gasteiger partial charge in [-0.1, -0.05) is 11.6 Å². The minimum Gasteiger partial charge on any atom is -0.438 e. The van der Waals surface area contributed by atoms with E-state index >= 15 is 0 Å². The molecule has 0 saturated carbocycles. The van der Waals surface area contributed by atoms with Crippen molar-refractivity contribution < 1.29 is 9.13 Å². The Morgan fingerprint density at radius 1 is 1.18 bits per heavy atom. The second kappa shape index (κ2) is 5.48. The number of aryl methyl sites for hydroxylation is 2. The minimum absolute atomic E-state index is 0.0372. The first-order valence-electron chi connectivity index (χ1n) is 7.10. The fourth-order valence-corrected chi connectivity index (χ4v) is 4.18. The smallest absolute Gasteiger partial charge is 0.231 e. The predicted octanol–water partition coefficient (Wildman–Crippen LogP) is 5.15. The van der Waals surface area contributed by atoms with E-state index in [-0.39, 0.29) is 5.02 Å². The molecule has 0 atom stereocenters. The van der Waals surface area contributed by atoms with Gasteiger partial charge in [0.1, 0.15) is 22.7 Å². The summed E-state index contributed by atoms with van der Waals surface area (Å²) in [5.74, 6) is 0.531. The first-order chi connectivity index (χ1) is 10.7. The fourth-order valence-electron chi connectivity index (χ4n) is 2.79. The molecule has 0 aliphatic heterocycles. The van der Waals surface area contributed by atoms with E-state index in [1.807, 2.05) is 0 Å². The molecule has 0 spiro atoms. The third-order valence-electron chi connectivity index (χ3n) is 3.82. The maximum Gasteiger partial charge on any atom is 0.231 e. The number of fused-ring (bicyclic) bond motifs is 3. The van der Waals surface area contributed by atoms with Gasteiger partial charge in [-0.25, -0.2) is 14.4 Å². The van der Waals surface area contributed by atoms with Crippen LogP contribution in [0.15, 0.2) is 24.5 Å². The summed E-state index contributed by atoms with van der Waals surface area (Å²) in [6.07, 6.45) is 6.03. The highest BCUT2D eigenvalue weighted by Gasteiger charge is 2.21. The van der Waals surface area contributed by atoms with Crippen LogP contribution in [0.25, 0.3) is 10.2 Å². The van der Waals surface area contributed by atoms with Crippen LogP contribution in [0.4, 0.5) is 4.39 Å². The van der Waals surface area contributed by atoms with E-state index in [2.05, 4.69) is 9.97 Å². The van der Waals surface area contributed by atoms with Gasteiger partial charge in [-0.3, -0.25) is 0 Å². The lowest BCUT2D eigenvalue weighted by molar-refractivity contribution is 0.466. The second-order valence-corrected chi connectivity index (χ2v) is 6.74. The first-order valence-corrected chi connectivity index (χ1v) is 8.30. The van der Waals surface area contributed by atoms with E-state index in [1.165, 1.54) is 41.7 Å². The molecule has 0 N–H and O–H groups in total. The maximum atomic E-state index is 13.3. The Balaban J connectivity index is 1.81. The molecule has 3 nitrogen and oxygen atoms in total. The van der Waals surface area contributed by atoms with Crippen molar-refractivity contribution in [2.75, 3.05) is 0 Å². The average molecular weight is 335 g/mol. The number of ether oxygens (including phenoxy) is 1. The van der Waals surface area contributed by atoms with Crippen molar-refractivity contribution in [2.45, 2.75) is 25.7 Å². The Morgan fingerprint density at radius 3 is 2.91 bits per heavy atom. The van der Waals surface area contributed by atoms with Gasteiger partial charge in [0.2, 0.25) is 5.88 Å².